The van der Waals surface area contributed by atoms with Gasteiger partial charge in [0.25, 0.3) is 0 Å². The van der Waals surface area contributed by atoms with Crippen LogP contribution in [-0.4, -0.2) is 0 Å². The lowest BCUT2D eigenvalue weighted by Crippen LogP contribution is -2.04. The predicted octanol–water partition coefficient (Wildman–Crippen LogP) is 1.85. The second-order valence-corrected chi connectivity index (χ2v) is 2.34. The van der Waals surface area contributed by atoms with Crippen LogP contribution >= 0.6 is 0 Å². The molecule has 0 saturated carbocycles. The van der Waals surface area contributed by atoms with Crippen LogP contribution in [0.1, 0.15) is 18.5 Å². The molecule has 10 heavy (non-hydrogen) atoms. The lowest BCUT2D eigenvalue weighted by molar-refractivity contribution is 0.622. The van der Waals surface area contributed by atoms with Crippen molar-refractivity contribution in [2.24, 2.45) is 5.73 Å². The topological polar surface area (TPSA) is 26.0 Å². The first-order valence-corrected chi connectivity index (χ1v) is 3.21. The van der Waals surface area contributed by atoms with Crippen LogP contribution in [0, 0.1) is 5.82 Å². The van der Waals surface area contributed by atoms with Gasteiger partial charge in [-0.25, -0.2) is 4.39 Å². The maximum atomic E-state index is 12.5. The third kappa shape index (κ3) is 1.54. The largest absolute Gasteiger partial charge is 0.324 e. The van der Waals surface area contributed by atoms with Crippen LogP contribution < -0.4 is 5.73 Å². The fraction of sp³-hybridized carbons (Fsp3) is 0.250. The van der Waals surface area contributed by atoms with Gasteiger partial charge < -0.3 is 5.73 Å². The molecule has 0 aliphatic rings. The summed E-state index contributed by atoms with van der Waals surface area (Å²) >= 11 is 0. The molecule has 2 heteroatoms. The standard InChI is InChI=1S/C8H10FN/c1-6(10)7-3-2-4-8(9)5-7/h2-6H,10H2,1H3/t6-/m1/s1. The maximum Gasteiger partial charge on any atom is 0.123 e. The van der Waals surface area contributed by atoms with E-state index in [1.807, 2.05) is 13.0 Å². The molecule has 1 atom stereocenters. The quantitative estimate of drug-likeness (QED) is 0.631. The van der Waals surface area contributed by atoms with E-state index in [9.17, 15) is 4.39 Å². The van der Waals surface area contributed by atoms with E-state index >= 15 is 0 Å². The minimum Gasteiger partial charge on any atom is -0.324 e. The summed E-state index contributed by atoms with van der Waals surface area (Å²) in [6.07, 6.45) is 0. The fourth-order valence-electron chi connectivity index (χ4n) is 0.790. The van der Waals surface area contributed by atoms with Gasteiger partial charge in [0.15, 0.2) is 0 Å². The van der Waals surface area contributed by atoms with Crippen molar-refractivity contribution in [3.8, 4) is 0 Å². The summed E-state index contributed by atoms with van der Waals surface area (Å²) in [6.45, 7) is 1.83. The Kier molecular flexibility index (Phi) is 2.02. The Labute approximate surface area is 59.7 Å². The third-order valence-corrected chi connectivity index (χ3v) is 1.37. The summed E-state index contributed by atoms with van der Waals surface area (Å²) in [5, 5.41) is 0. The third-order valence-electron chi connectivity index (χ3n) is 1.37. The van der Waals surface area contributed by atoms with Crippen LogP contribution in [0.3, 0.4) is 0 Å². The van der Waals surface area contributed by atoms with Gasteiger partial charge in [0.1, 0.15) is 5.82 Å². The second kappa shape index (κ2) is 2.80. The summed E-state index contributed by atoms with van der Waals surface area (Å²) in [4.78, 5) is 0. The SMILES string of the molecule is C[C@@H](N)c1cccc(F)c1. The van der Waals surface area contributed by atoms with Crippen LogP contribution in [0.25, 0.3) is 0 Å². The monoisotopic (exact) mass is 139 g/mol. The number of rotatable bonds is 1. The van der Waals surface area contributed by atoms with Crippen molar-refractivity contribution >= 4 is 0 Å². The van der Waals surface area contributed by atoms with Crippen LogP contribution in [0.2, 0.25) is 0 Å². The summed E-state index contributed by atoms with van der Waals surface area (Å²) in [7, 11) is 0. The first kappa shape index (κ1) is 7.22. The molecule has 1 nitrogen and oxygen atoms in total. The van der Waals surface area contributed by atoms with Crippen LogP contribution in [0.4, 0.5) is 4.39 Å². The van der Waals surface area contributed by atoms with Gasteiger partial charge in [0, 0.05) is 6.04 Å². The van der Waals surface area contributed by atoms with Gasteiger partial charge in [-0.15, -0.1) is 0 Å². The van der Waals surface area contributed by atoms with E-state index in [0.29, 0.717) is 0 Å². The molecule has 2 N–H and O–H groups in total. The van der Waals surface area contributed by atoms with Crippen molar-refractivity contribution in [2.45, 2.75) is 13.0 Å². The lowest BCUT2D eigenvalue weighted by atomic mass is 10.1. The van der Waals surface area contributed by atoms with E-state index in [0.717, 1.165) is 5.56 Å². The highest BCUT2D eigenvalue weighted by Gasteiger charge is 1.98. The second-order valence-electron chi connectivity index (χ2n) is 2.34. The van der Waals surface area contributed by atoms with Crippen molar-refractivity contribution < 1.29 is 4.39 Å². The predicted molar refractivity (Wildman–Crippen MR) is 39.0 cm³/mol. The van der Waals surface area contributed by atoms with E-state index in [1.54, 1.807) is 6.07 Å². The Morgan fingerprint density at radius 3 is 2.60 bits per heavy atom. The zero-order chi connectivity index (χ0) is 7.56. The average molecular weight is 139 g/mol. The van der Waals surface area contributed by atoms with Crippen LogP contribution in [0.15, 0.2) is 24.3 Å². The minimum absolute atomic E-state index is 0.0873. The number of benzene rings is 1. The van der Waals surface area contributed by atoms with Gasteiger partial charge in [-0.05, 0) is 24.6 Å². The fourth-order valence-corrected chi connectivity index (χ4v) is 0.790. The van der Waals surface area contributed by atoms with E-state index < -0.39 is 0 Å². The minimum atomic E-state index is -0.227. The molecule has 1 aromatic carbocycles. The van der Waals surface area contributed by atoms with Gasteiger partial charge in [-0.2, -0.15) is 0 Å². The molecule has 0 bridgehead atoms. The Hall–Kier alpha value is -0.890. The molecule has 0 saturated heterocycles. The Balaban J connectivity index is 2.96. The Morgan fingerprint density at radius 2 is 2.20 bits per heavy atom. The molecule has 54 valence electrons. The molecule has 0 heterocycles. The van der Waals surface area contributed by atoms with E-state index in [-0.39, 0.29) is 11.9 Å². The van der Waals surface area contributed by atoms with E-state index in [2.05, 4.69) is 0 Å². The molecule has 0 fully saturated rings. The van der Waals surface area contributed by atoms with Crippen LogP contribution in [0.5, 0.6) is 0 Å². The molecule has 0 aromatic heterocycles. The summed E-state index contributed by atoms with van der Waals surface area (Å²) in [6, 6.07) is 6.24. The Bertz CT molecular complexity index is 220. The van der Waals surface area contributed by atoms with E-state index in [1.165, 1.54) is 12.1 Å². The molecule has 0 aliphatic heterocycles. The first-order valence-electron chi connectivity index (χ1n) is 3.21. The number of hydrogen-bond acceptors (Lipinski definition) is 1. The molecule has 0 radical (unpaired) electrons. The summed E-state index contributed by atoms with van der Waals surface area (Å²) in [5.74, 6) is -0.227. The molecule has 0 aliphatic carbocycles. The molecule has 0 spiro atoms. The highest BCUT2D eigenvalue weighted by molar-refractivity contribution is 5.18. The molecule has 1 rings (SSSR count). The number of hydrogen-bond donors (Lipinski definition) is 1. The van der Waals surface area contributed by atoms with Crippen molar-refractivity contribution in [1.82, 2.24) is 0 Å². The highest BCUT2D eigenvalue weighted by atomic mass is 19.1. The summed E-state index contributed by atoms with van der Waals surface area (Å²) < 4.78 is 12.5. The van der Waals surface area contributed by atoms with Gasteiger partial charge in [-0.3, -0.25) is 0 Å². The first-order chi connectivity index (χ1) is 4.70. The van der Waals surface area contributed by atoms with Gasteiger partial charge in [0.2, 0.25) is 0 Å². The summed E-state index contributed by atoms with van der Waals surface area (Å²) in [5.41, 5.74) is 6.35. The van der Waals surface area contributed by atoms with Crippen LogP contribution in [-0.2, 0) is 0 Å². The molecular weight excluding hydrogens is 129 g/mol. The van der Waals surface area contributed by atoms with Crippen molar-refractivity contribution in [2.75, 3.05) is 0 Å². The Morgan fingerprint density at radius 1 is 1.50 bits per heavy atom. The molecule has 0 amide bonds. The van der Waals surface area contributed by atoms with Gasteiger partial charge in [0.05, 0.1) is 0 Å². The molecule has 1 aromatic rings. The zero-order valence-electron chi connectivity index (χ0n) is 5.84. The normalized spacial score (nSPS) is 13.1. The highest BCUT2D eigenvalue weighted by Crippen LogP contribution is 2.09. The molecule has 0 unspecified atom stereocenters. The van der Waals surface area contributed by atoms with Crippen molar-refractivity contribution in [3.05, 3.63) is 35.6 Å². The average Bonchev–Trinajstić information content (AvgIpc) is 1.88. The number of halogens is 1. The van der Waals surface area contributed by atoms with Crippen molar-refractivity contribution in [1.29, 1.82) is 0 Å². The smallest absolute Gasteiger partial charge is 0.123 e. The van der Waals surface area contributed by atoms with Gasteiger partial charge in [-0.1, -0.05) is 12.1 Å². The maximum absolute atomic E-state index is 12.5. The number of nitrogens with two attached hydrogens (primary N) is 1. The van der Waals surface area contributed by atoms with Gasteiger partial charge >= 0.3 is 0 Å². The van der Waals surface area contributed by atoms with Crippen molar-refractivity contribution in [3.63, 3.8) is 0 Å². The van der Waals surface area contributed by atoms with E-state index in [4.69, 9.17) is 5.73 Å². The molecular formula is C8H10FN. The zero-order valence-corrected chi connectivity index (χ0v) is 5.84. The lowest BCUT2D eigenvalue weighted by Gasteiger charge is -2.03.